The highest BCUT2D eigenvalue weighted by molar-refractivity contribution is 5.81. The molecule has 4 rings (SSSR count). The monoisotopic (exact) mass is 421 g/mol. The third-order valence-corrected chi connectivity index (χ3v) is 5.73. The predicted octanol–water partition coefficient (Wildman–Crippen LogP) is 3.91. The summed E-state index contributed by atoms with van der Waals surface area (Å²) in [6.07, 6.45) is 4.08. The van der Waals surface area contributed by atoms with Gasteiger partial charge in [0.25, 0.3) is 0 Å². The van der Waals surface area contributed by atoms with E-state index in [0.29, 0.717) is 26.2 Å². The van der Waals surface area contributed by atoms with Crippen LogP contribution in [0.25, 0.3) is 11.0 Å². The number of para-hydroxylation sites is 2. The fourth-order valence-electron chi connectivity index (χ4n) is 4.00. The van der Waals surface area contributed by atoms with Crippen LogP contribution in [0.3, 0.4) is 0 Å². The van der Waals surface area contributed by atoms with E-state index < -0.39 is 0 Å². The van der Waals surface area contributed by atoms with Gasteiger partial charge in [-0.2, -0.15) is 0 Å². The van der Waals surface area contributed by atoms with E-state index in [1.54, 1.807) is 0 Å². The first-order valence-corrected chi connectivity index (χ1v) is 11.3. The van der Waals surface area contributed by atoms with E-state index in [1.165, 1.54) is 5.56 Å². The number of benzene rings is 2. The number of hydrogen-bond acceptors (Lipinski definition) is 4. The van der Waals surface area contributed by atoms with Gasteiger partial charge in [-0.25, -0.2) is 4.98 Å². The fraction of sp³-hybridized carbons (Fsp3) is 0.440. The second-order valence-corrected chi connectivity index (χ2v) is 7.91. The van der Waals surface area contributed by atoms with Crippen molar-refractivity contribution in [2.75, 3.05) is 19.8 Å². The molecule has 1 aliphatic heterocycles. The van der Waals surface area contributed by atoms with Crippen molar-refractivity contribution in [1.82, 2.24) is 14.9 Å². The van der Waals surface area contributed by atoms with Gasteiger partial charge in [0.05, 0.1) is 17.6 Å². The second kappa shape index (κ2) is 10.4. The van der Waals surface area contributed by atoms with Crippen LogP contribution in [-0.2, 0) is 28.9 Å². The highest BCUT2D eigenvalue weighted by atomic mass is 16.5. The molecule has 6 nitrogen and oxygen atoms in total. The molecular weight excluding hydrogens is 390 g/mol. The van der Waals surface area contributed by atoms with Crippen molar-refractivity contribution in [3.05, 3.63) is 59.9 Å². The van der Waals surface area contributed by atoms with Crippen molar-refractivity contribution in [2.45, 2.75) is 51.7 Å². The summed E-state index contributed by atoms with van der Waals surface area (Å²) in [6.45, 7) is 4.85. The molecule has 0 radical (unpaired) electrons. The smallest absolute Gasteiger partial charge is 0.249 e. The Kier molecular flexibility index (Phi) is 7.20. The first-order chi connectivity index (χ1) is 15.2. The standard InChI is InChI=1S/C25H31N3O3/c1-2-19-10-12-20(13-11-19)30-18-6-16-28-22-8-4-3-7-21(22)27-24(28)14-15-26-25(29)23-9-5-17-31-23/h3-4,7-8,10-13,23H,2,5-6,9,14-18H2,1H3,(H,26,29). The lowest BCUT2D eigenvalue weighted by atomic mass is 10.2. The number of imidazole rings is 1. The van der Waals surface area contributed by atoms with Crippen molar-refractivity contribution >= 4 is 16.9 Å². The van der Waals surface area contributed by atoms with Crippen molar-refractivity contribution < 1.29 is 14.3 Å². The minimum absolute atomic E-state index is 0.0114. The molecule has 1 amide bonds. The summed E-state index contributed by atoms with van der Waals surface area (Å²) in [6, 6.07) is 16.5. The molecule has 164 valence electrons. The van der Waals surface area contributed by atoms with Crippen LogP contribution >= 0.6 is 0 Å². The molecule has 1 atom stereocenters. The molecule has 1 fully saturated rings. The van der Waals surface area contributed by atoms with Crippen molar-refractivity contribution in [1.29, 1.82) is 0 Å². The van der Waals surface area contributed by atoms with Gasteiger partial charge in [0.15, 0.2) is 0 Å². The third kappa shape index (κ3) is 5.44. The number of aromatic nitrogens is 2. The van der Waals surface area contributed by atoms with Gasteiger partial charge in [-0.05, 0) is 55.5 Å². The van der Waals surface area contributed by atoms with Crippen LogP contribution in [0.15, 0.2) is 48.5 Å². The van der Waals surface area contributed by atoms with E-state index in [2.05, 4.69) is 35.0 Å². The summed E-state index contributed by atoms with van der Waals surface area (Å²) < 4.78 is 13.6. The number of fused-ring (bicyclic) bond motifs is 1. The number of rotatable bonds is 10. The molecule has 1 aliphatic rings. The summed E-state index contributed by atoms with van der Waals surface area (Å²) in [4.78, 5) is 17.0. The van der Waals surface area contributed by atoms with Crippen LogP contribution in [0.2, 0.25) is 0 Å². The van der Waals surface area contributed by atoms with Crippen molar-refractivity contribution in [2.24, 2.45) is 0 Å². The largest absolute Gasteiger partial charge is 0.494 e. The second-order valence-electron chi connectivity index (χ2n) is 7.91. The van der Waals surface area contributed by atoms with E-state index in [1.807, 2.05) is 30.3 Å². The quantitative estimate of drug-likeness (QED) is 0.504. The van der Waals surface area contributed by atoms with Crippen LogP contribution in [0, 0.1) is 0 Å². The first kappa shape index (κ1) is 21.4. The van der Waals surface area contributed by atoms with E-state index in [9.17, 15) is 4.79 Å². The van der Waals surface area contributed by atoms with Gasteiger partial charge < -0.3 is 19.4 Å². The zero-order valence-electron chi connectivity index (χ0n) is 18.2. The fourth-order valence-corrected chi connectivity index (χ4v) is 4.00. The molecule has 0 aliphatic carbocycles. The van der Waals surface area contributed by atoms with E-state index >= 15 is 0 Å². The van der Waals surface area contributed by atoms with Gasteiger partial charge in [0.2, 0.25) is 5.91 Å². The number of aryl methyl sites for hydroxylation is 2. The maximum absolute atomic E-state index is 12.2. The Morgan fingerprint density at radius 3 is 2.84 bits per heavy atom. The van der Waals surface area contributed by atoms with Crippen molar-refractivity contribution in [3.63, 3.8) is 0 Å². The maximum Gasteiger partial charge on any atom is 0.249 e. The lowest BCUT2D eigenvalue weighted by Crippen LogP contribution is -2.35. The zero-order chi connectivity index (χ0) is 21.5. The molecule has 1 unspecified atom stereocenters. The third-order valence-electron chi connectivity index (χ3n) is 5.73. The SMILES string of the molecule is CCc1ccc(OCCCn2c(CCNC(=O)C3CCCO3)nc3ccccc32)cc1. The predicted molar refractivity (Wildman–Crippen MR) is 121 cm³/mol. The number of nitrogens with zero attached hydrogens (tertiary/aromatic N) is 2. The van der Waals surface area contributed by atoms with Crippen LogP contribution < -0.4 is 10.1 Å². The summed E-state index contributed by atoms with van der Waals surface area (Å²) >= 11 is 0. The van der Waals surface area contributed by atoms with E-state index in [0.717, 1.165) is 54.8 Å². The molecule has 1 aromatic heterocycles. The highest BCUT2D eigenvalue weighted by Crippen LogP contribution is 2.18. The normalized spacial score (nSPS) is 16.0. The van der Waals surface area contributed by atoms with Crippen molar-refractivity contribution in [3.8, 4) is 5.75 Å². The number of hydrogen-bond donors (Lipinski definition) is 1. The van der Waals surface area contributed by atoms with Gasteiger partial charge in [0, 0.05) is 26.1 Å². The van der Waals surface area contributed by atoms with Crippen LogP contribution in [0.1, 0.15) is 37.6 Å². The Balaban J connectivity index is 1.33. The summed E-state index contributed by atoms with van der Waals surface area (Å²) in [7, 11) is 0. The molecule has 0 bridgehead atoms. The molecule has 1 saturated heterocycles. The average molecular weight is 422 g/mol. The molecule has 31 heavy (non-hydrogen) atoms. The number of carbonyl (C=O) groups is 1. The zero-order valence-corrected chi connectivity index (χ0v) is 18.2. The Morgan fingerprint density at radius 1 is 1.23 bits per heavy atom. The summed E-state index contributed by atoms with van der Waals surface area (Å²) in [5.74, 6) is 1.88. The minimum Gasteiger partial charge on any atom is -0.494 e. The Labute approximate surface area is 183 Å². The Morgan fingerprint density at radius 2 is 2.06 bits per heavy atom. The maximum atomic E-state index is 12.2. The van der Waals surface area contributed by atoms with Crippen LogP contribution in [-0.4, -0.2) is 41.3 Å². The number of carbonyl (C=O) groups excluding carboxylic acids is 1. The Bertz CT molecular complexity index is 991. The molecule has 1 N–H and O–H groups in total. The minimum atomic E-state index is -0.289. The molecule has 6 heteroatoms. The molecule has 0 saturated carbocycles. The number of nitrogens with one attached hydrogen (secondary N) is 1. The van der Waals surface area contributed by atoms with Gasteiger partial charge in [-0.15, -0.1) is 0 Å². The van der Waals surface area contributed by atoms with E-state index in [-0.39, 0.29) is 12.0 Å². The number of amides is 1. The van der Waals surface area contributed by atoms with Crippen LogP contribution in [0.4, 0.5) is 0 Å². The molecule has 0 spiro atoms. The average Bonchev–Trinajstić information content (AvgIpc) is 3.46. The molecule has 2 aromatic carbocycles. The van der Waals surface area contributed by atoms with Crippen LogP contribution in [0.5, 0.6) is 5.75 Å². The van der Waals surface area contributed by atoms with Gasteiger partial charge in [-0.3, -0.25) is 4.79 Å². The van der Waals surface area contributed by atoms with Gasteiger partial charge in [-0.1, -0.05) is 31.2 Å². The summed E-state index contributed by atoms with van der Waals surface area (Å²) in [5.41, 5.74) is 3.42. The highest BCUT2D eigenvalue weighted by Gasteiger charge is 2.23. The van der Waals surface area contributed by atoms with Gasteiger partial charge >= 0.3 is 0 Å². The van der Waals surface area contributed by atoms with E-state index in [4.69, 9.17) is 14.5 Å². The Hall–Kier alpha value is -2.86. The van der Waals surface area contributed by atoms with Gasteiger partial charge in [0.1, 0.15) is 17.7 Å². The summed E-state index contributed by atoms with van der Waals surface area (Å²) in [5, 5.41) is 3.00. The lowest BCUT2D eigenvalue weighted by molar-refractivity contribution is -0.130. The topological polar surface area (TPSA) is 65.4 Å². The first-order valence-electron chi connectivity index (χ1n) is 11.3. The molecular formula is C25H31N3O3. The molecule has 2 heterocycles. The number of ether oxygens (including phenoxy) is 2. The lowest BCUT2D eigenvalue weighted by Gasteiger charge is -2.12. The molecule has 3 aromatic rings.